The monoisotopic (exact) mass is 196 g/mol. The molecule has 0 radical (unpaired) electrons. The molecule has 76 valence electrons. The topological polar surface area (TPSA) is 110 Å². The zero-order valence-electron chi connectivity index (χ0n) is 7.66. The predicted molar refractivity (Wildman–Crippen MR) is 48.2 cm³/mol. The van der Waals surface area contributed by atoms with Gasteiger partial charge in [0.05, 0.1) is 5.54 Å². The molecule has 4 N–H and O–H groups in total. The van der Waals surface area contributed by atoms with E-state index in [-0.39, 0.29) is 11.9 Å². The molecule has 0 bridgehead atoms. The second-order valence-corrected chi connectivity index (χ2v) is 3.55. The molecule has 1 saturated carbocycles. The molecule has 14 heavy (non-hydrogen) atoms. The molecular weight excluding hydrogens is 184 g/mol. The van der Waals surface area contributed by atoms with Crippen molar-refractivity contribution in [2.75, 3.05) is 5.32 Å². The molecular formula is C7H12N6O. The van der Waals surface area contributed by atoms with Gasteiger partial charge in [0, 0.05) is 0 Å². The van der Waals surface area contributed by atoms with Gasteiger partial charge < -0.3 is 5.73 Å². The second-order valence-electron chi connectivity index (χ2n) is 3.55. The summed E-state index contributed by atoms with van der Waals surface area (Å²) < 4.78 is 0. The number of hydrogen-bond donors (Lipinski definition) is 3. The molecule has 1 fully saturated rings. The number of carbonyl (C=O) groups excluding carboxylic acids is 1. The number of aromatic amines is 1. The van der Waals surface area contributed by atoms with Gasteiger partial charge in [-0.1, -0.05) is 17.9 Å². The number of aromatic nitrogens is 4. The van der Waals surface area contributed by atoms with Crippen molar-refractivity contribution in [3.05, 3.63) is 0 Å². The lowest BCUT2D eigenvalue weighted by Crippen LogP contribution is -2.48. The van der Waals surface area contributed by atoms with Gasteiger partial charge in [0.25, 0.3) is 5.95 Å². The van der Waals surface area contributed by atoms with E-state index < -0.39 is 5.54 Å². The summed E-state index contributed by atoms with van der Waals surface area (Å²) in [5.74, 6) is -0.0527. The Morgan fingerprint density at radius 1 is 1.50 bits per heavy atom. The fourth-order valence-electron chi connectivity index (χ4n) is 1.67. The third-order valence-corrected chi connectivity index (χ3v) is 2.52. The number of amides is 1. The summed E-state index contributed by atoms with van der Waals surface area (Å²) >= 11 is 0. The van der Waals surface area contributed by atoms with Gasteiger partial charge in [-0.25, -0.2) is 0 Å². The zero-order chi connectivity index (χ0) is 10.0. The highest BCUT2D eigenvalue weighted by Gasteiger charge is 2.37. The minimum Gasteiger partial charge on any atom is -0.317 e. The Labute approximate surface area is 80.4 Å². The molecule has 1 aliphatic carbocycles. The number of anilines is 1. The molecule has 2 rings (SSSR count). The molecule has 1 aromatic heterocycles. The van der Waals surface area contributed by atoms with Crippen LogP contribution in [0.2, 0.25) is 0 Å². The molecule has 0 saturated heterocycles. The Hall–Kier alpha value is -1.50. The quantitative estimate of drug-likeness (QED) is 0.585. The Balaban J connectivity index is 2.02. The summed E-state index contributed by atoms with van der Waals surface area (Å²) in [6, 6.07) is 0. The average Bonchev–Trinajstić information content (AvgIpc) is 2.76. The molecule has 1 amide bonds. The van der Waals surface area contributed by atoms with E-state index >= 15 is 0 Å². The van der Waals surface area contributed by atoms with Crippen molar-refractivity contribution >= 4 is 11.9 Å². The Morgan fingerprint density at radius 3 is 2.79 bits per heavy atom. The van der Waals surface area contributed by atoms with Crippen LogP contribution in [0.4, 0.5) is 5.95 Å². The van der Waals surface area contributed by atoms with Crippen molar-refractivity contribution in [1.82, 2.24) is 20.6 Å². The van der Waals surface area contributed by atoms with Gasteiger partial charge in [-0.15, -0.1) is 5.10 Å². The maximum Gasteiger partial charge on any atom is 0.269 e. The van der Waals surface area contributed by atoms with Crippen molar-refractivity contribution in [2.24, 2.45) is 5.73 Å². The number of nitrogens with two attached hydrogens (primary N) is 1. The van der Waals surface area contributed by atoms with Gasteiger partial charge in [-0.2, -0.15) is 5.21 Å². The van der Waals surface area contributed by atoms with Crippen molar-refractivity contribution in [2.45, 2.75) is 31.2 Å². The molecule has 0 atom stereocenters. The molecule has 7 heteroatoms. The summed E-state index contributed by atoms with van der Waals surface area (Å²) in [6.07, 6.45) is 3.43. The van der Waals surface area contributed by atoms with Crippen LogP contribution in [0.25, 0.3) is 0 Å². The Kier molecular flexibility index (Phi) is 2.16. The van der Waals surface area contributed by atoms with E-state index in [9.17, 15) is 4.79 Å². The van der Waals surface area contributed by atoms with Gasteiger partial charge in [0.2, 0.25) is 5.91 Å². The highest BCUT2D eigenvalue weighted by molar-refractivity contribution is 5.96. The van der Waals surface area contributed by atoms with Crippen LogP contribution in [0.3, 0.4) is 0 Å². The lowest BCUT2D eigenvalue weighted by molar-refractivity contribution is -0.121. The number of tetrazole rings is 1. The molecule has 0 spiro atoms. The summed E-state index contributed by atoms with van der Waals surface area (Å²) in [5, 5.41) is 15.4. The first-order valence-electron chi connectivity index (χ1n) is 4.54. The van der Waals surface area contributed by atoms with E-state index in [1.807, 2.05) is 0 Å². The minimum absolute atomic E-state index is 0.173. The third-order valence-electron chi connectivity index (χ3n) is 2.52. The average molecular weight is 196 g/mol. The SMILES string of the molecule is NC1(C(=O)Nc2nn[nH]n2)CCCC1. The van der Waals surface area contributed by atoms with Crippen LogP contribution < -0.4 is 11.1 Å². The first-order chi connectivity index (χ1) is 6.71. The minimum atomic E-state index is -0.749. The highest BCUT2D eigenvalue weighted by atomic mass is 16.2. The number of carbonyl (C=O) groups is 1. The van der Waals surface area contributed by atoms with Crippen LogP contribution >= 0.6 is 0 Å². The van der Waals surface area contributed by atoms with Crippen molar-refractivity contribution < 1.29 is 4.79 Å². The smallest absolute Gasteiger partial charge is 0.269 e. The van der Waals surface area contributed by atoms with E-state index in [0.717, 1.165) is 25.7 Å². The standard InChI is InChI=1S/C7H12N6O/c8-7(3-1-2-4-7)5(14)9-6-10-12-13-11-6/h1-4,8H2,(H2,9,10,11,12,13,14). The van der Waals surface area contributed by atoms with Gasteiger partial charge in [-0.3, -0.25) is 10.1 Å². The summed E-state index contributed by atoms with van der Waals surface area (Å²) in [6.45, 7) is 0. The van der Waals surface area contributed by atoms with Crippen LogP contribution in [0.1, 0.15) is 25.7 Å². The van der Waals surface area contributed by atoms with Crippen molar-refractivity contribution in [3.63, 3.8) is 0 Å². The predicted octanol–water partition coefficient (Wildman–Crippen LogP) is -0.590. The van der Waals surface area contributed by atoms with E-state index in [1.165, 1.54) is 0 Å². The number of hydrogen-bond acceptors (Lipinski definition) is 5. The summed E-state index contributed by atoms with van der Waals surface area (Å²) in [4.78, 5) is 11.7. The molecule has 7 nitrogen and oxygen atoms in total. The maximum absolute atomic E-state index is 11.7. The van der Waals surface area contributed by atoms with Crippen LogP contribution in [-0.4, -0.2) is 32.1 Å². The number of nitrogens with zero attached hydrogens (tertiary/aromatic N) is 3. The summed E-state index contributed by atoms with van der Waals surface area (Å²) in [7, 11) is 0. The zero-order valence-corrected chi connectivity index (χ0v) is 7.66. The molecule has 0 aromatic carbocycles. The molecule has 1 aromatic rings. The Bertz CT molecular complexity index is 315. The molecule has 0 aliphatic heterocycles. The van der Waals surface area contributed by atoms with Gasteiger partial charge >= 0.3 is 0 Å². The van der Waals surface area contributed by atoms with Crippen LogP contribution in [0.15, 0.2) is 0 Å². The Morgan fingerprint density at radius 2 is 2.21 bits per heavy atom. The molecule has 0 unspecified atom stereocenters. The maximum atomic E-state index is 11.7. The van der Waals surface area contributed by atoms with Crippen LogP contribution in [0, 0.1) is 0 Å². The van der Waals surface area contributed by atoms with Crippen molar-refractivity contribution in [3.8, 4) is 0 Å². The van der Waals surface area contributed by atoms with Crippen LogP contribution in [-0.2, 0) is 4.79 Å². The highest BCUT2D eigenvalue weighted by Crippen LogP contribution is 2.27. The van der Waals surface area contributed by atoms with Gasteiger partial charge in [0.1, 0.15) is 0 Å². The van der Waals surface area contributed by atoms with Crippen molar-refractivity contribution in [1.29, 1.82) is 0 Å². The van der Waals surface area contributed by atoms with Crippen LogP contribution in [0.5, 0.6) is 0 Å². The van der Waals surface area contributed by atoms with Gasteiger partial charge in [0.15, 0.2) is 0 Å². The molecule has 1 heterocycles. The fraction of sp³-hybridized carbons (Fsp3) is 0.714. The van der Waals surface area contributed by atoms with E-state index in [0.29, 0.717) is 0 Å². The number of H-pyrrole nitrogens is 1. The molecule has 1 aliphatic rings. The summed E-state index contributed by atoms with van der Waals surface area (Å²) in [5.41, 5.74) is 5.17. The lowest BCUT2D eigenvalue weighted by atomic mass is 9.98. The third kappa shape index (κ3) is 1.58. The first-order valence-corrected chi connectivity index (χ1v) is 4.54. The second kappa shape index (κ2) is 3.33. The largest absolute Gasteiger partial charge is 0.317 e. The first kappa shape index (κ1) is 9.07. The number of nitrogens with one attached hydrogen (secondary N) is 2. The fourth-order valence-corrected chi connectivity index (χ4v) is 1.67. The van der Waals surface area contributed by atoms with E-state index in [2.05, 4.69) is 25.9 Å². The van der Waals surface area contributed by atoms with E-state index in [4.69, 9.17) is 5.73 Å². The lowest BCUT2D eigenvalue weighted by Gasteiger charge is -2.20. The number of rotatable bonds is 2. The van der Waals surface area contributed by atoms with Gasteiger partial charge in [-0.05, 0) is 18.1 Å². The normalized spacial score (nSPS) is 19.5. The van der Waals surface area contributed by atoms with E-state index in [1.54, 1.807) is 0 Å².